The minimum atomic E-state index is 0.736. The number of aromatic nitrogens is 1. The number of halogens is 3. The second kappa shape index (κ2) is 5.23. The molecule has 0 unspecified atom stereocenters. The van der Waals surface area contributed by atoms with Gasteiger partial charge in [0.2, 0.25) is 0 Å². The lowest BCUT2D eigenvalue weighted by atomic mass is 10.1. The maximum atomic E-state index is 6.50. The number of benzene rings is 2. The van der Waals surface area contributed by atoms with Gasteiger partial charge in [0.15, 0.2) is 0 Å². The maximum absolute atomic E-state index is 6.50. The fourth-order valence-corrected chi connectivity index (χ4v) is 2.89. The minimum absolute atomic E-state index is 0.736. The highest BCUT2D eigenvalue weighted by Gasteiger charge is 2.09. The van der Waals surface area contributed by atoms with Gasteiger partial charge in [0.05, 0.1) is 10.5 Å². The molecule has 0 saturated heterocycles. The van der Waals surface area contributed by atoms with Crippen LogP contribution in [0.3, 0.4) is 0 Å². The van der Waals surface area contributed by atoms with Gasteiger partial charge >= 0.3 is 0 Å². The lowest BCUT2D eigenvalue weighted by Gasteiger charge is -2.08. The zero-order valence-electron chi connectivity index (χ0n) is 9.70. The van der Waals surface area contributed by atoms with Gasteiger partial charge in [0.25, 0.3) is 0 Å². The Hall–Kier alpha value is -0.900. The van der Waals surface area contributed by atoms with Crippen molar-refractivity contribution in [2.45, 2.75) is 0 Å². The molecule has 0 amide bonds. The Labute approximate surface area is 132 Å². The number of hydrogen-bond acceptors (Lipinski definition) is 1. The topological polar surface area (TPSA) is 12.9 Å². The third kappa shape index (κ3) is 2.55. The molecule has 1 heterocycles. The van der Waals surface area contributed by atoms with Crippen LogP contribution in [0.4, 0.5) is 0 Å². The fourth-order valence-electron chi connectivity index (χ4n) is 1.96. The first kappa shape index (κ1) is 13.1. The van der Waals surface area contributed by atoms with E-state index in [4.69, 9.17) is 11.6 Å². The molecule has 3 aromatic rings. The average Bonchev–Trinajstić information content (AvgIpc) is 2.40. The van der Waals surface area contributed by atoms with Gasteiger partial charge in [0.1, 0.15) is 0 Å². The van der Waals surface area contributed by atoms with Crippen molar-refractivity contribution in [2.75, 3.05) is 0 Å². The molecule has 0 fully saturated rings. The molecule has 0 spiro atoms. The van der Waals surface area contributed by atoms with E-state index in [2.05, 4.69) is 36.8 Å². The smallest absolute Gasteiger partial charge is 0.0728 e. The van der Waals surface area contributed by atoms with E-state index in [1.807, 2.05) is 48.7 Å². The lowest BCUT2D eigenvalue weighted by Crippen LogP contribution is -1.86. The van der Waals surface area contributed by atoms with Crippen LogP contribution in [-0.4, -0.2) is 4.98 Å². The van der Waals surface area contributed by atoms with Crippen LogP contribution in [0.2, 0.25) is 5.02 Å². The number of rotatable bonds is 1. The highest BCUT2D eigenvalue weighted by Crippen LogP contribution is 2.34. The van der Waals surface area contributed by atoms with Crippen LogP contribution in [0.5, 0.6) is 0 Å². The van der Waals surface area contributed by atoms with Crippen LogP contribution >= 0.6 is 43.5 Å². The van der Waals surface area contributed by atoms with E-state index < -0.39 is 0 Å². The minimum Gasteiger partial charge on any atom is -0.255 e. The Morgan fingerprint density at radius 2 is 1.58 bits per heavy atom. The van der Waals surface area contributed by atoms with Crippen molar-refractivity contribution in [3.8, 4) is 11.1 Å². The van der Waals surface area contributed by atoms with E-state index in [0.717, 1.165) is 36.0 Å². The Morgan fingerprint density at radius 1 is 0.895 bits per heavy atom. The van der Waals surface area contributed by atoms with Crippen molar-refractivity contribution in [3.05, 3.63) is 62.6 Å². The first-order valence-corrected chi connectivity index (χ1v) is 7.61. The summed E-state index contributed by atoms with van der Waals surface area (Å²) < 4.78 is 2.05. The van der Waals surface area contributed by atoms with Gasteiger partial charge in [-0.2, -0.15) is 0 Å². The summed E-state index contributed by atoms with van der Waals surface area (Å²) in [6.07, 6.45) is 1.82. The van der Waals surface area contributed by atoms with Gasteiger partial charge < -0.3 is 0 Å². The number of hydrogen-bond donors (Lipinski definition) is 0. The quantitative estimate of drug-likeness (QED) is 0.485. The Bertz CT molecular complexity index is 754. The summed E-state index contributed by atoms with van der Waals surface area (Å²) in [5.74, 6) is 0. The third-order valence-electron chi connectivity index (χ3n) is 2.92. The maximum Gasteiger partial charge on any atom is 0.0728 e. The summed E-state index contributed by atoms with van der Waals surface area (Å²) >= 11 is 13.4. The summed E-state index contributed by atoms with van der Waals surface area (Å²) in [5, 5.41) is 1.70. The molecule has 0 bridgehead atoms. The highest BCUT2D eigenvalue weighted by molar-refractivity contribution is 9.10. The Morgan fingerprint density at radius 3 is 2.32 bits per heavy atom. The van der Waals surface area contributed by atoms with E-state index in [1.54, 1.807) is 0 Å². The molecule has 19 heavy (non-hydrogen) atoms. The number of pyridine rings is 1. The molecule has 1 nitrogen and oxygen atoms in total. The second-order valence-corrected chi connectivity index (χ2v) is 6.36. The van der Waals surface area contributed by atoms with E-state index >= 15 is 0 Å². The summed E-state index contributed by atoms with van der Waals surface area (Å²) in [6.45, 7) is 0. The predicted molar refractivity (Wildman–Crippen MR) is 87.6 cm³/mol. The summed E-state index contributed by atoms with van der Waals surface area (Å²) in [4.78, 5) is 4.48. The molecule has 0 N–H and O–H groups in total. The van der Waals surface area contributed by atoms with Crippen LogP contribution in [0.25, 0.3) is 22.0 Å². The molecule has 1 aromatic heterocycles. The molecule has 0 atom stereocenters. The van der Waals surface area contributed by atoms with Gasteiger partial charge in [-0.3, -0.25) is 4.98 Å². The van der Waals surface area contributed by atoms with E-state index in [0.29, 0.717) is 0 Å². The second-order valence-electron chi connectivity index (χ2n) is 4.15. The molecule has 3 rings (SSSR count). The largest absolute Gasteiger partial charge is 0.255 e. The van der Waals surface area contributed by atoms with Gasteiger partial charge in [-0.1, -0.05) is 61.7 Å². The Balaban J connectivity index is 2.22. The summed E-state index contributed by atoms with van der Waals surface area (Å²) in [7, 11) is 0. The van der Waals surface area contributed by atoms with Crippen molar-refractivity contribution in [3.63, 3.8) is 0 Å². The van der Waals surface area contributed by atoms with E-state index in [1.165, 1.54) is 0 Å². The molecule has 94 valence electrons. The average molecular weight is 397 g/mol. The predicted octanol–water partition coefficient (Wildman–Crippen LogP) is 6.08. The molecule has 4 heteroatoms. The first-order valence-electron chi connectivity index (χ1n) is 5.65. The summed E-state index contributed by atoms with van der Waals surface area (Å²) in [5.41, 5.74) is 2.90. The molecule has 0 aliphatic heterocycles. The van der Waals surface area contributed by atoms with Crippen molar-refractivity contribution < 1.29 is 0 Å². The van der Waals surface area contributed by atoms with Gasteiger partial charge in [-0.15, -0.1) is 0 Å². The van der Waals surface area contributed by atoms with Crippen molar-refractivity contribution in [2.24, 2.45) is 0 Å². The van der Waals surface area contributed by atoms with Crippen molar-refractivity contribution in [1.82, 2.24) is 4.98 Å². The van der Waals surface area contributed by atoms with Crippen molar-refractivity contribution in [1.29, 1.82) is 0 Å². The van der Waals surface area contributed by atoms with Crippen LogP contribution in [0.1, 0.15) is 0 Å². The summed E-state index contributed by atoms with van der Waals surface area (Å²) in [6, 6.07) is 14.0. The molecule has 2 aromatic carbocycles. The van der Waals surface area contributed by atoms with Crippen molar-refractivity contribution >= 4 is 54.4 Å². The first-order chi connectivity index (χ1) is 9.15. The number of fused-ring (bicyclic) bond motifs is 1. The molecular weight excluding hydrogens is 389 g/mol. The Kier molecular flexibility index (Phi) is 3.61. The van der Waals surface area contributed by atoms with Gasteiger partial charge in [0, 0.05) is 26.1 Å². The third-order valence-corrected chi connectivity index (χ3v) is 4.35. The molecule has 0 aliphatic rings. The lowest BCUT2D eigenvalue weighted by molar-refractivity contribution is 1.40. The van der Waals surface area contributed by atoms with E-state index in [9.17, 15) is 0 Å². The molecule has 0 radical (unpaired) electrons. The molecule has 0 aliphatic carbocycles. The normalized spacial score (nSPS) is 10.9. The molecular formula is C15H8Br2ClN. The van der Waals surface area contributed by atoms with Gasteiger partial charge in [-0.05, 0) is 29.8 Å². The molecule has 0 saturated carbocycles. The zero-order valence-corrected chi connectivity index (χ0v) is 13.6. The number of nitrogens with zero attached hydrogens (tertiary/aromatic N) is 1. The van der Waals surface area contributed by atoms with E-state index in [-0.39, 0.29) is 0 Å². The SMILES string of the molecule is Clc1c(-c2ccc(Br)cc2)cnc2cc(Br)ccc12. The standard InChI is InChI=1S/C15H8Br2ClN/c16-10-3-1-9(2-4-10)13-8-19-14-7-11(17)5-6-12(14)15(13)18/h1-8H. The fraction of sp³-hybridized carbons (Fsp3) is 0. The van der Waals surface area contributed by atoms with Crippen LogP contribution < -0.4 is 0 Å². The van der Waals surface area contributed by atoms with Crippen LogP contribution in [0, 0.1) is 0 Å². The monoisotopic (exact) mass is 395 g/mol. The zero-order chi connectivity index (χ0) is 13.4. The van der Waals surface area contributed by atoms with Gasteiger partial charge in [-0.25, -0.2) is 0 Å². The van der Waals surface area contributed by atoms with Crippen LogP contribution in [-0.2, 0) is 0 Å². The van der Waals surface area contributed by atoms with Crippen LogP contribution in [0.15, 0.2) is 57.6 Å². The highest BCUT2D eigenvalue weighted by atomic mass is 79.9.